The number of para-hydroxylation sites is 4. The average molecular weight is 890 g/mol. The Morgan fingerprint density at radius 1 is 0.214 bits per heavy atom. The minimum Gasteiger partial charge on any atom is -0.456 e. The first-order valence-electron chi connectivity index (χ1n) is 24.1. The number of aromatic nitrogens is 3. The maximum absolute atomic E-state index is 6.37. The van der Waals surface area contributed by atoms with Gasteiger partial charge in [-0.2, -0.15) is 0 Å². The van der Waals surface area contributed by atoms with E-state index in [1.165, 1.54) is 126 Å². The zero-order valence-corrected chi connectivity index (χ0v) is 37.8. The van der Waals surface area contributed by atoms with Crippen LogP contribution >= 0.6 is 0 Å². The van der Waals surface area contributed by atoms with E-state index in [1.807, 2.05) is 0 Å². The van der Waals surface area contributed by atoms with Crippen LogP contribution in [-0.4, -0.2) is 13.7 Å². The van der Waals surface area contributed by atoms with Crippen molar-refractivity contribution in [2.45, 2.75) is 0 Å². The molecule has 4 nitrogen and oxygen atoms in total. The van der Waals surface area contributed by atoms with Crippen LogP contribution in [0.2, 0.25) is 0 Å². The molecule has 0 atom stereocenters. The zero-order chi connectivity index (χ0) is 45.6. The summed E-state index contributed by atoms with van der Waals surface area (Å²) in [4.78, 5) is 0. The summed E-state index contributed by atoms with van der Waals surface area (Å²) in [6.07, 6.45) is 0. The summed E-state index contributed by atoms with van der Waals surface area (Å²) < 4.78 is 13.6. The minimum atomic E-state index is 0.937. The number of rotatable bonds is 5. The topological polar surface area (TPSA) is 27.9 Å². The fraction of sp³-hybridized carbons (Fsp3) is 0. The fourth-order valence-electron chi connectivity index (χ4n) is 12.1. The molecule has 0 N–H and O–H groups in total. The number of furan rings is 1. The molecule has 0 saturated carbocycles. The first-order valence-corrected chi connectivity index (χ1v) is 24.1. The summed E-state index contributed by atoms with van der Waals surface area (Å²) >= 11 is 0. The molecule has 16 rings (SSSR count). The van der Waals surface area contributed by atoms with E-state index in [1.54, 1.807) is 0 Å². The molecule has 0 bridgehead atoms. The van der Waals surface area contributed by atoms with Crippen molar-refractivity contribution in [2.24, 2.45) is 0 Å². The van der Waals surface area contributed by atoms with E-state index >= 15 is 0 Å². The zero-order valence-electron chi connectivity index (χ0n) is 37.8. The molecule has 0 fully saturated rings. The van der Waals surface area contributed by atoms with E-state index in [2.05, 4.69) is 250 Å². The van der Waals surface area contributed by atoms with Gasteiger partial charge in [0.15, 0.2) is 0 Å². The Bertz CT molecular complexity index is 4810. The molecule has 70 heavy (non-hydrogen) atoms. The van der Waals surface area contributed by atoms with Crippen molar-refractivity contribution in [1.82, 2.24) is 13.7 Å². The van der Waals surface area contributed by atoms with Crippen LogP contribution in [0, 0.1) is 0 Å². The second kappa shape index (κ2) is 14.1. The maximum atomic E-state index is 6.37. The summed E-state index contributed by atoms with van der Waals surface area (Å²) in [5.41, 5.74) is 17.2. The standard InChI is InChI=1S/C66H39N3O/c1-3-13-44(14-4-1)67-57-21-9-7-17-48(57)53-36-41(26-31-59(53)67)42-27-32-60-54(37-42)49-18-8-10-22-58(49)69(60)46-29-34-62-56(39-46)55-38-43(28-33-61(55)68(62)45-15-5-2-6-16-45)40-25-30-47-50-19-11-23-63-65(50)66-51(52(47)35-40)20-12-24-64(66)70-63/h1-39H. The molecule has 0 aliphatic rings. The minimum absolute atomic E-state index is 0.937. The van der Waals surface area contributed by atoms with Gasteiger partial charge in [-0.05, 0) is 153 Å². The molecule has 0 aliphatic carbocycles. The lowest BCUT2D eigenvalue weighted by Crippen LogP contribution is -1.95. The maximum Gasteiger partial charge on any atom is 0.136 e. The van der Waals surface area contributed by atoms with Gasteiger partial charge in [-0.3, -0.25) is 0 Å². The lowest BCUT2D eigenvalue weighted by atomic mass is 9.92. The van der Waals surface area contributed by atoms with Crippen molar-refractivity contribution in [3.8, 4) is 39.3 Å². The van der Waals surface area contributed by atoms with Crippen LogP contribution in [-0.2, 0) is 0 Å². The van der Waals surface area contributed by atoms with E-state index in [-0.39, 0.29) is 0 Å². The van der Waals surface area contributed by atoms with E-state index in [9.17, 15) is 0 Å². The normalized spacial score (nSPS) is 12.3. The van der Waals surface area contributed by atoms with Gasteiger partial charge in [-0.15, -0.1) is 0 Å². The summed E-state index contributed by atoms with van der Waals surface area (Å²) in [5, 5.41) is 14.8. The van der Waals surface area contributed by atoms with Crippen molar-refractivity contribution >= 4 is 109 Å². The Labute approximate surface area is 401 Å². The molecule has 0 amide bonds. The number of hydrogen-bond donors (Lipinski definition) is 0. The lowest BCUT2D eigenvalue weighted by Gasteiger charge is -2.11. The van der Waals surface area contributed by atoms with Gasteiger partial charge >= 0.3 is 0 Å². The van der Waals surface area contributed by atoms with E-state index in [0.29, 0.717) is 0 Å². The molecule has 4 heteroatoms. The largest absolute Gasteiger partial charge is 0.456 e. The van der Waals surface area contributed by atoms with Crippen molar-refractivity contribution in [1.29, 1.82) is 0 Å². The molecule has 4 heterocycles. The Balaban J connectivity index is 0.874. The Kier molecular flexibility index (Phi) is 7.58. The summed E-state index contributed by atoms with van der Waals surface area (Å²) in [5.74, 6) is 0. The van der Waals surface area contributed by atoms with Crippen molar-refractivity contribution in [2.75, 3.05) is 0 Å². The fourth-order valence-corrected chi connectivity index (χ4v) is 12.1. The molecule has 0 unspecified atom stereocenters. The first kappa shape index (κ1) is 37.7. The van der Waals surface area contributed by atoms with E-state index in [0.717, 1.165) is 22.5 Å². The third kappa shape index (κ3) is 5.19. The third-order valence-electron chi connectivity index (χ3n) is 15.2. The monoisotopic (exact) mass is 889 g/mol. The third-order valence-corrected chi connectivity index (χ3v) is 15.2. The molecule has 0 radical (unpaired) electrons. The molecule has 0 saturated heterocycles. The highest BCUT2D eigenvalue weighted by atomic mass is 16.3. The predicted molar refractivity (Wildman–Crippen MR) is 294 cm³/mol. The summed E-state index contributed by atoms with van der Waals surface area (Å²) in [6.45, 7) is 0. The Morgan fingerprint density at radius 3 is 1.11 bits per heavy atom. The van der Waals surface area contributed by atoms with Gasteiger partial charge in [0.25, 0.3) is 0 Å². The SMILES string of the molecule is c1ccc(-n2c3ccccc3c3cc(-c4ccc5c(c4)c4ccccc4n5-c4ccc5c(c4)c4cc(-c6ccc7c(c6)c6cccc8oc9cccc7c9c86)ccc4n5-c4ccccc4)ccc32)cc1. The highest BCUT2D eigenvalue weighted by Gasteiger charge is 2.21. The van der Waals surface area contributed by atoms with Crippen molar-refractivity contribution in [3.05, 3.63) is 237 Å². The molecule has 0 aliphatic heterocycles. The molecule has 324 valence electrons. The van der Waals surface area contributed by atoms with Crippen LogP contribution in [0.4, 0.5) is 0 Å². The average Bonchev–Trinajstić information content (AvgIpc) is 4.17. The van der Waals surface area contributed by atoms with Gasteiger partial charge in [0.05, 0.1) is 33.1 Å². The van der Waals surface area contributed by atoms with Crippen LogP contribution in [0.3, 0.4) is 0 Å². The van der Waals surface area contributed by atoms with Crippen molar-refractivity contribution < 1.29 is 4.42 Å². The summed E-state index contributed by atoms with van der Waals surface area (Å²) in [6, 6.07) is 86.9. The summed E-state index contributed by atoms with van der Waals surface area (Å²) in [7, 11) is 0. The molecular formula is C66H39N3O. The molecule has 16 aromatic rings. The van der Waals surface area contributed by atoms with Crippen LogP contribution in [0.25, 0.3) is 148 Å². The van der Waals surface area contributed by atoms with Gasteiger partial charge in [-0.1, -0.05) is 127 Å². The molecular weight excluding hydrogens is 851 g/mol. The first-order chi connectivity index (χ1) is 34.7. The number of hydrogen-bond acceptors (Lipinski definition) is 1. The van der Waals surface area contributed by atoms with Gasteiger partial charge in [0, 0.05) is 60.2 Å². The van der Waals surface area contributed by atoms with Gasteiger partial charge in [0.2, 0.25) is 0 Å². The lowest BCUT2D eigenvalue weighted by molar-refractivity contribution is 0.669. The van der Waals surface area contributed by atoms with Crippen LogP contribution in [0.1, 0.15) is 0 Å². The Morgan fingerprint density at radius 2 is 0.586 bits per heavy atom. The van der Waals surface area contributed by atoms with Gasteiger partial charge < -0.3 is 18.1 Å². The quantitative estimate of drug-likeness (QED) is 0.158. The van der Waals surface area contributed by atoms with Crippen LogP contribution < -0.4 is 0 Å². The molecule has 4 aromatic heterocycles. The van der Waals surface area contributed by atoms with Gasteiger partial charge in [-0.25, -0.2) is 0 Å². The van der Waals surface area contributed by atoms with Crippen LogP contribution in [0.15, 0.2) is 241 Å². The smallest absolute Gasteiger partial charge is 0.136 e. The number of fused-ring (bicyclic) bond motifs is 12. The van der Waals surface area contributed by atoms with Crippen molar-refractivity contribution in [3.63, 3.8) is 0 Å². The second-order valence-corrected chi connectivity index (χ2v) is 18.8. The second-order valence-electron chi connectivity index (χ2n) is 18.8. The number of benzene rings is 12. The number of nitrogens with zero attached hydrogens (tertiary/aromatic N) is 3. The van der Waals surface area contributed by atoms with Crippen LogP contribution in [0.5, 0.6) is 0 Å². The molecule has 12 aromatic carbocycles. The Hall–Kier alpha value is -9.38. The highest BCUT2D eigenvalue weighted by Crippen LogP contribution is 2.45. The van der Waals surface area contributed by atoms with E-state index in [4.69, 9.17) is 4.42 Å². The molecule has 0 spiro atoms. The van der Waals surface area contributed by atoms with Gasteiger partial charge in [0.1, 0.15) is 11.2 Å². The highest BCUT2D eigenvalue weighted by molar-refractivity contribution is 6.33. The predicted octanol–water partition coefficient (Wildman–Crippen LogP) is 18.0. The van der Waals surface area contributed by atoms with E-state index < -0.39 is 0 Å².